The van der Waals surface area contributed by atoms with Gasteiger partial charge in [-0.15, -0.1) is 0 Å². The summed E-state index contributed by atoms with van der Waals surface area (Å²) < 4.78 is 0. The zero-order chi connectivity index (χ0) is 9.84. The molecule has 0 aromatic carbocycles. The second-order valence-corrected chi connectivity index (χ2v) is 4.68. The topological polar surface area (TPSA) is 15.3 Å². The lowest BCUT2D eigenvalue weighted by atomic mass is 10.2. The Kier molecular flexibility index (Phi) is 4.20. The van der Waals surface area contributed by atoms with Gasteiger partial charge in [0, 0.05) is 25.2 Å². The second-order valence-electron chi connectivity index (χ2n) is 4.68. The minimum atomic E-state index is 0.612. The van der Waals surface area contributed by atoms with E-state index in [9.17, 15) is 0 Å². The van der Waals surface area contributed by atoms with Gasteiger partial charge in [0.05, 0.1) is 0 Å². The summed E-state index contributed by atoms with van der Waals surface area (Å²) in [6.45, 7) is 9.34. The molecule has 1 fully saturated rings. The molecule has 0 aliphatic heterocycles. The quantitative estimate of drug-likeness (QED) is 0.676. The van der Waals surface area contributed by atoms with E-state index >= 15 is 0 Å². The van der Waals surface area contributed by atoms with Gasteiger partial charge in [-0.25, -0.2) is 0 Å². The van der Waals surface area contributed by atoms with E-state index in [1.54, 1.807) is 0 Å². The second kappa shape index (κ2) is 4.97. The summed E-state index contributed by atoms with van der Waals surface area (Å²) in [6.07, 6.45) is 2.91. The average Bonchev–Trinajstić information content (AvgIpc) is 2.86. The first-order chi connectivity index (χ1) is 6.13. The Labute approximate surface area is 82.7 Å². The van der Waals surface area contributed by atoms with Crippen LogP contribution in [-0.2, 0) is 0 Å². The smallest absolute Gasteiger partial charge is 0.0163 e. The van der Waals surface area contributed by atoms with Crippen LogP contribution in [0.5, 0.6) is 0 Å². The van der Waals surface area contributed by atoms with Crippen molar-refractivity contribution in [3.63, 3.8) is 0 Å². The maximum absolute atomic E-state index is 3.30. The molecule has 2 nitrogen and oxygen atoms in total. The fourth-order valence-electron chi connectivity index (χ4n) is 1.57. The standard InChI is InChI=1S/C11H24N2/c1-9(2)13(7-10(3)12-4)8-11-5-6-11/h9-12H,5-8H2,1-4H3. The van der Waals surface area contributed by atoms with Crippen molar-refractivity contribution in [3.05, 3.63) is 0 Å². The van der Waals surface area contributed by atoms with Gasteiger partial charge in [-0.3, -0.25) is 4.90 Å². The van der Waals surface area contributed by atoms with Crippen LogP contribution < -0.4 is 5.32 Å². The molecule has 1 aliphatic carbocycles. The van der Waals surface area contributed by atoms with Gasteiger partial charge in [0.2, 0.25) is 0 Å². The van der Waals surface area contributed by atoms with Gasteiger partial charge in [0.25, 0.3) is 0 Å². The summed E-state index contributed by atoms with van der Waals surface area (Å²) >= 11 is 0. The Hall–Kier alpha value is -0.0800. The highest BCUT2D eigenvalue weighted by molar-refractivity contribution is 4.80. The summed E-state index contributed by atoms with van der Waals surface area (Å²) in [4.78, 5) is 2.60. The van der Waals surface area contributed by atoms with Gasteiger partial charge in [-0.05, 0) is 46.6 Å². The summed E-state index contributed by atoms with van der Waals surface area (Å²) in [5.74, 6) is 1.01. The Morgan fingerprint density at radius 2 is 1.92 bits per heavy atom. The monoisotopic (exact) mass is 184 g/mol. The van der Waals surface area contributed by atoms with Crippen LogP contribution in [0.15, 0.2) is 0 Å². The molecule has 0 spiro atoms. The zero-order valence-electron chi connectivity index (χ0n) is 9.51. The molecule has 0 bridgehead atoms. The molecule has 0 aromatic rings. The molecule has 1 N–H and O–H groups in total. The van der Waals surface area contributed by atoms with Crippen molar-refractivity contribution in [3.8, 4) is 0 Å². The van der Waals surface area contributed by atoms with E-state index < -0.39 is 0 Å². The number of nitrogens with zero attached hydrogens (tertiary/aromatic N) is 1. The molecule has 0 saturated heterocycles. The first-order valence-electron chi connectivity index (χ1n) is 5.54. The minimum absolute atomic E-state index is 0.612. The summed E-state index contributed by atoms with van der Waals surface area (Å²) in [5.41, 5.74) is 0. The molecule has 13 heavy (non-hydrogen) atoms. The van der Waals surface area contributed by atoms with Gasteiger partial charge in [0.15, 0.2) is 0 Å². The first-order valence-corrected chi connectivity index (χ1v) is 5.54. The molecule has 0 aromatic heterocycles. The number of rotatable bonds is 6. The van der Waals surface area contributed by atoms with E-state index in [0.29, 0.717) is 12.1 Å². The van der Waals surface area contributed by atoms with Crippen LogP contribution >= 0.6 is 0 Å². The molecule has 1 aliphatic rings. The van der Waals surface area contributed by atoms with Gasteiger partial charge < -0.3 is 5.32 Å². The molecule has 2 heteroatoms. The lowest BCUT2D eigenvalue weighted by molar-refractivity contribution is 0.196. The maximum atomic E-state index is 3.30. The van der Waals surface area contributed by atoms with Crippen molar-refractivity contribution in [2.75, 3.05) is 20.1 Å². The Bertz CT molecular complexity index is 141. The van der Waals surface area contributed by atoms with Crippen LogP contribution in [0.25, 0.3) is 0 Å². The third-order valence-electron chi connectivity index (χ3n) is 2.92. The summed E-state index contributed by atoms with van der Waals surface area (Å²) in [5, 5.41) is 3.30. The normalized spacial score (nSPS) is 19.8. The van der Waals surface area contributed by atoms with E-state index in [4.69, 9.17) is 0 Å². The van der Waals surface area contributed by atoms with E-state index in [-0.39, 0.29) is 0 Å². The predicted molar refractivity (Wildman–Crippen MR) is 58.0 cm³/mol. The summed E-state index contributed by atoms with van der Waals surface area (Å²) in [6, 6.07) is 1.30. The third kappa shape index (κ3) is 4.10. The first kappa shape index (κ1) is 11.0. The van der Waals surface area contributed by atoms with Crippen molar-refractivity contribution in [1.29, 1.82) is 0 Å². The number of hydrogen-bond acceptors (Lipinski definition) is 2. The van der Waals surface area contributed by atoms with Crippen molar-refractivity contribution in [2.45, 2.75) is 45.7 Å². The maximum Gasteiger partial charge on any atom is 0.0163 e. The minimum Gasteiger partial charge on any atom is -0.316 e. The molecule has 1 rings (SSSR count). The van der Waals surface area contributed by atoms with Crippen molar-refractivity contribution >= 4 is 0 Å². The van der Waals surface area contributed by atoms with Gasteiger partial charge in [0.1, 0.15) is 0 Å². The zero-order valence-corrected chi connectivity index (χ0v) is 9.51. The molecule has 0 heterocycles. The molecule has 1 atom stereocenters. The highest BCUT2D eigenvalue weighted by Crippen LogP contribution is 2.30. The molecule has 0 amide bonds. The van der Waals surface area contributed by atoms with Crippen LogP contribution in [-0.4, -0.2) is 37.1 Å². The fraction of sp³-hybridized carbons (Fsp3) is 1.00. The highest BCUT2D eigenvalue weighted by Gasteiger charge is 2.25. The fourth-order valence-corrected chi connectivity index (χ4v) is 1.57. The Morgan fingerprint density at radius 3 is 2.31 bits per heavy atom. The van der Waals surface area contributed by atoms with Crippen molar-refractivity contribution in [1.82, 2.24) is 10.2 Å². The number of hydrogen-bond donors (Lipinski definition) is 1. The lowest BCUT2D eigenvalue weighted by Crippen LogP contribution is -2.42. The van der Waals surface area contributed by atoms with Crippen molar-refractivity contribution < 1.29 is 0 Å². The van der Waals surface area contributed by atoms with Crippen molar-refractivity contribution in [2.24, 2.45) is 5.92 Å². The Balaban J connectivity index is 2.27. The van der Waals surface area contributed by atoms with Gasteiger partial charge in [-0.1, -0.05) is 0 Å². The number of nitrogens with one attached hydrogen (secondary N) is 1. The number of likely N-dealkylation sites (N-methyl/N-ethyl adjacent to an activating group) is 1. The SMILES string of the molecule is CNC(C)CN(CC1CC1)C(C)C. The van der Waals surface area contributed by atoms with Crippen LogP contribution in [0.4, 0.5) is 0 Å². The van der Waals surface area contributed by atoms with E-state index in [1.807, 2.05) is 7.05 Å². The van der Waals surface area contributed by atoms with Gasteiger partial charge >= 0.3 is 0 Å². The molecular weight excluding hydrogens is 160 g/mol. The van der Waals surface area contributed by atoms with E-state index in [0.717, 1.165) is 5.92 Å². The summed E-state index contributed by atoms with van der Waals surface area (Å²) in [7, 11) is 2.04. The van der Waals surface area contributed by atoms with E-state index in [1.165, 1.54) is 25.9 Å². The van der Waals surface area contributed by atoms with Crippen LogP contribution in [0.3, 0.4) is 0 Å². The van der Waals surface area contributed by atoms with Crippen LogP contribution in [0, 0.1) is 5.92 Å². The molecule has 78 valence electrons. The van der Waals surface area contributed by atoms with Gasteiger partial charge in [-0.2, -0.15) is 0 Å². The Morgan fingerprint density at radius 1 is 1.31 bits per heavy atom. The average molecular weight is 184 g/mol. The molecule has 1 saturated carbocycles. The van der Waals surface area contributed by atoms with Crippen LogP contribution in [0.2, 0.25) is 0 Å². The van der Waals surface area contributed by atoms with E-state index in [2.05, 4.69) is 31.0 Å². The van der Waals surface area contributed by atoms with Crippen LogP contribution in [0.1, 0.15) is 33.6 Å². The highest BCUT2D eigenvalue weighted by atomic mass is 15.2. The largest absolute Gasteiger partial charge is 0.316 e. The molecular formula is C11H24N2. The lowest BCUT2D eigenvalue weighted by Gasteiger charge is -2.29. The third-order valence-corrected chi connectivity index (χ3v) is 2.92. The predicted octanol–water partition coefficient (Wildman–Crippen LogP) is 1.71. The molecule has 1 unspecified atom stereocenters. The molecule has 0 radical (unpaired) electrons.